The SMILES string of the molecule is C[C@H](C(=O)N1C[C@H]2[C@@H]([C@H]1C(=O)N[C@@H](CC1CC1)C(=O)C(N)=O)C2(C)C)C1CCCCC1. The molecule has 3 aliphatic carbocycles. The van der Waals surface area contributed by atoms with Gasteiger partial charge in [0.15, 0.2) is 0 Å². The number of likely N-dealkylation sites (tertiary alicyclic amines) is 1. The van der Waals surface area contributed by atoms with E-state index in [0.717, 1.165) is 25.7 Å². The van der Waals surface area contributed by atoms with Gasteiger partial charge in [0.25, 0.3) is 5.91 Å². The molecule has 0 spiro atoms. The molecule has 0 aromatic rings. The highest BCUT2D eigenvalue weighted by Crippen LogP contribution is 2.65. The van der Waals surface area contributed by atoms with Crippen molar-refractivity contribution in [3.05, 3.63) is 0 Å². The summed E-state index contributed by atoms with van der Waals surface area (Å²) in [6, 6.07) is -1.45. The third-order valence-corrected chi connectivity index (χ3v) is 8.65. The second-order valence-electron chi connectivity index (χ2n) is 11.0. The maximum Gasteiger partial charge on any atom is 0.287 e. The quantitative estimate of drug-likeness (QED) is 0.573. The fourth-order valence-electron chi connectivity index (χ4n) is 6.26. The van der Waals surface area contributed by atoms with E-state index >= 15 is 0 Å². The monoisotopic (exact) mass is 431 g/mol. The number of ketones is 1. The minimum atomic E-state index is -1.01. The van der Waals surface area contributed by atoms with Gasteiger partial charge in [0.05, 0.1) is 6.04 Å². The maximum absolute atomic E-state index is 13.5. The molecule has 1 aliphatic heterocycles. The molecule has 0 unspecified atom stereocenters. The summed E-state index contributed by atoms with van der Waals surface area (Å²) in [5, 5.41) is 2.83. The highest BCUT2D eigenvalue weighted by molar-refractivity contribution is 6.37. The molecule has 7 heteroatoms. The van der Waals surface area contributed by atoms with Crippen LogP contribution in [0.15, 0.2) is 0 Å². The number of carbonyl (C=O) groups excluding carboxylic acids is 4. The highest BCUT2D eigenvalue weighted by atomic mass is 16.2. The molecule has 3 amide bonds. The van der Waals surface area contributed by atoms with E-state index in [0.29, 0.717) is 30.7 Å². The van der Waals surface area contributed by atoms with Crippen LogP contribution in [0.5, 0.6) is 0 Å². The van der Waals surface area contributed by atoms with Crippen LogP contribution in [0.1, 0.15) is 72.1 Å². The number of hydrogen-bond acceptors (Lipinski definition) is 4. The molecular weight excluding hydrogens is 394 g/mol. The second-order valence-corrected chi connectivity index (χ2v) is 11.0. The summed E-state index contributed by atoms with van der Waals surface area (Å²) in [5.74, 6) is -0.942. The number of primary amides is 1. The Hall–Kier alpha value is -1.92. The van der Waals surface area contributed by atoms with Gasteiger partial charge >= 0.3 is 0 Å². The summed E-state index contributed by atoms with van der Waals surface area (Å²) in [4.78, 5) is 52.5. The average Bonchev–Trinajstić information content (AvgIpc) is 3.59. The number of hydrogen-bond donors (Lipinski definition) is 2. The first kappa shape index (κ1) is 22.3. The number of Topliss-reactive ketones (excluding diaryl/α,β-unsaturated/α-hetero) is 1. The molecule has 3 saturated carbocycles. The molecule has 0 aromatic heterocycles. The number of fused-ring (bicyclic) bond motifs is 1. The van der Waals surface area contributed by atoms with E-state index in [4.69, 9.17) is 5.73 Å². The summed E-state index contributed by atoms with van der Waals surface area (Å²) in [7, 11) is 0. The smallest absolute Gasteiger partial charge is 0.287 e. The Kier molecular flexibility index (Phi) is 5.90. The lowest BCUT2D eigenvalue weighted by Gasteiger charge is -2.35. The van der Waals surface area contributed by atoms with Gasteiger partial charge < -0.3 is 16.0 Å². The number of rotatable bonds is 8. The zero-order valence-electron chi connectivity index (χ0n) is 19.1. The minimum Gasteiger partial charge on any atom is -0.363 e. The van der Waals surface area contributed by atoms with Crippen molar-refractivity contribution < 1.29 is 19.2 Å². The van der Waals surface area contributed by atoms with Gasteiger partial charge in [-0.05, 0) is 48.3 Å². The van der Waals surface area contributed by atoms with Gasteiger partial charge in [-0.15, -0.1) is 0 Å². The number of amides is 3. The van der Waals surface area contributed by atoms with Crippen molar-refractivity contribution >= 4 is 23.5 Å². The Morgan fingerprint density at radius 1 is 1.06 bits per heavy atom. The molecule has 4 rings (SSSR count). The van der Waals surface area contributed by atoms with Crippen LogP contribution in [0.2, 0.25) is 0 Å². The van der Waals surface area contributed by atoms with Gasteiger partial charge in [-0.3, -0.25) is 19.2 Å². The van der Waals surface area contributed by atoms with E-state index in [1.807, 2.05) is 6.92 Å². The van der Waals surface area contributed by atoms with Crippen molar-refractivity contribution in [2.75, 3.05) is 6.54 Å². The third-order valence-electron chi connectivity index (χ3n) is 8.65. The molecule has 3 N–H and O–H groups in total. The average molecular weight is 432 g/mol. The molecule has 4 aliphatic rings. The summed E-state index contributed by atoms with van der Waals surface area (Å²) in [6.07, 6.45) is 8.18. The van der Waals surface area contributed by atoms with Gasteiger partial charge in [0.2, 0.25) is 17.6 Å². The number of nitrogens with one attached hydrogen (secondary N) is 1. The van der Waals surface area contributed by atoms with E-state index in [2.05, 4.69) is 19.2 Å². The lowest BCUT2D eigenvalue weighted by atomic mass is 9.80. The number of nitrogens with two attached hydrogens (primary N) is 1. The Balaban J connectivity index is 1.49. The zero-order valence-corrected chi connectivity index (χ0v) is 19.1. The van der Waals surface area contributed by atoms with E-state index in [1.54, 1.807) is 4.90 Å². The molecule has 0 radical (unpaired) electrons. The summed E-state index contributed by atoms with van der Waals surface area (Å²) in [5.41, 5.74) is 5.24. The fourth-order valence-corrected chi connectivity index (χ4v) is 6.26. The highest BCUT2D eigenvalue weighted by Gasteiger charge is 2.69. The number of carbonyl (C=O) groups is 4. The first-order valence-electron chi connectivity index (χ1n) is 12.1. The predicted molar refractivity (Wildman–Crippen MR) is 115 cm³/mol. The molecule has 0 bridgehead atoms. The first-order chi connectivity index (χ1) is 14.6. The Morgan fingerprint density at radius 3 is 2.29 bits per heavy atom. The Morgan fingerprint density at radius 2 is 1.71 bits per heavy atom. The van der Waals surface area contributed by atoms with Gasteiger partial charge in [-0.1, -0.05) is 52.9 Å². The van der Waals surface area contributed by atoms with Crippen molar-refractivity contribution in [3.8, 4) is 0 Å². The number of nitrogens with zero attached hydrogens (tertiary/aromatic N) is 1. The lowest BCUT2D eigenvalue weighted by Crippen LogP contribution is -2.56. The van der Waals surface area contributed by atoms with Crippen LogP contribution in [0.25, 0.3) is 0 Å². The molecule has 1 heterocycles. The van der Waals surface area contributed by atoms with Crippen LogP contribution in [-0.4, -0.2) is 47.0 Å². The maximum atomic E-state index is 13.5. The predicted octanol–water partition coefficient (Wildman–Crippen LogP) is 2.03. The van der Waals surface area contributed by atoms with Crippen molar-refractivity contribution in [2.24, 2.45) is 40.7 Å². The van der Waals surface area contributed by atoms with Gasteiger partial charge in [0.1, 0.15) is 6.04 Å². The summed E-state index contributed by atoms with van der Waals surface area (Å²) >= 11 is 0. The van der Waals surface area contributed by atoms with Gasteiger partial charge in [-0.2, -0.15) is 0 Å². The summed E-state index contributed by atoms with van der Waals surface area (Å²) < 4.78 is 0. The summed E-state index contributed by atoms with van der Waals surface area (Å²) in [6.45, 7) is 6.90. The van der Waals surface area contributed by atoms with Crippen LogP contribution >= 0.6 is 0 Å². The topological polar surface area (TPSA) is 110 Å². The fraction of sp³-hybridized carbons (Fsp3) is 0.833. The van der Waals surface area contributed by atoms with Crippen LogP contribution in [0.3, 0.4) is 0 Å². The van der Waals surface area contributed by atoms with E-state index < -0.39 is 23.8 Å². The van der Waals surface area contributed by atoms with E-state index in [1.165, 1.54) is 19.3 Å². The molecule has 4 fully saturated rings. The van der Waals surface area contributed by atoms with Crippen molar-refractivity contribution in [1.82, 2.24) is 10.2 Å². The number of piperidine rings is 1. The molecule has 7 nitrogen and oxygen atoms in total. The normalized spacial score (nSPS) is 31.5. The van der Waals surface area contributed by atoms with Crippen molar-refractivity contribution in [1.29, 1.82) is 0 Å². The largest absolute Gasteiger partial charge is 0.363 e. The molecule has 1 saturated heterocycles. The van der Waals surface area contributed by atoms with Gasteiger partial charge in [0, 0.05) is 12.5 Å². The molecular formula is C24H37N3O4. The van der Waals surface area contributed by atoms with Crippen LogP contribution in [-0.2, 0) is 19.2 Å². The molecule has 31 heavy (non-hydrogen) atoms. The van der Waals surface area contributed by atoms with Crippen LogP contribution in [0, 0.1) is 35.0 Å². The van der Waals surface area contributed by atoms with Crippen molar-refractivity contribution in [3.63, 3.8) is 0 Å². The van der Waals surface area contributed by atoms with Gasteiger partial charge in [-0.25, -0.2) is 0 Å². The lowest BCUT2D eigenvalue weighted by molar-refractivity contribution is -0.146. The van der Waals surface area contributed by atoms with Crippen molar-refractivity contribution in [2.45, 2.75) is 84.2 Å². The first-order valence-corrected chi connectivity index (χ1v) is 12.1. The van der Waals surface area contributed by atoms with Crippen LogP contribution < -0.4 is 11.1 Å². The molecule has 5 atom stereocenters. The molecule has 172 valence electrons. The third kappa shape index (κ3) is 4.24. The standard InChI is InChI=1S/C24H37N3O4/c1-13(15-7-5-4-6-8-15)23(31)27-12-16-18(24(16,2)3)19(27)22(30)26-17(11-14-9-10-14)20(28)21(25)29/h13-19H,4-12H2,1-3H3,(H2,25,29)(H,26,30)/t13-,16-,17-,18-,19-/m0/s1. The zero-order chi connectivity index (χ0) is 22.5. The molecule has 0 aromatic carbocycles. The minimum absolute atomic E-state index is 0.00650. The Labute approximate surface area is 184 Å². The van der Waals surface area contributed by atoms with Crippen LogP contribution in [0.4, 0.5) is 0 Å². The van der Waals surface area contributed by atoms with E-state index in [-0.39, 0.29) is 29.1 Å². The Bertz CT molecular complexity index is 769. The second kappa shape index (κ2) is 8.21. The van der Waals surface area contributed by atoms with E-state index in [9.17, 15) is 19.2 Å².